The zero-order valence-electron chi connectivity index (χ0n) is 11.8. The number of rotatable bonds is 2. The van der Waals surface area contributed by atoms with Crippen molar-refractivity contribution in [3.05, 3.63) is 59.8 Å². The predicted octanol–water partition coefficient (Wildman–Crippen LogP) is 4.98. The molecule has 1 aliphatic heterocycles. The zero-order valence-corrected chi connectivity index (χ0v) is 12.6. The summed E-state index contributed by atoms with van der Waals surface area (Å²) in [5.41, 5.74) is 3.50. The monoisotopic (exact) mass is 293 g/mol. The lowest BCUT2D eigenvalue weighted by atomic mass is 10.1. The maximum atomic E-state index is 6.03. The molecule has 4 rings (SSSR count). The second-order valence-electron chi connectivity index (χ2n) is 5.17. The number of para-hydroxylation sites is 2. The van der Waals surface area contributed by atoms with Crippen LogP contribution in [0.25, 0.3) is 10.9 Å². The van der Waals surface area contributed by atoms with Gasteiger partial charge < -0.3 is 4.74 Å². The van der Waals surface area contributed by atoms with Crippen molar-refractivity contribution in [1.82, 2.24) is 4.98 Å². The summed E-state index contributed by atoms with van der Waals surface area (Å²) in [5, 5.41) is 1.21. The van der Waals surface area contributed by atoms with Crippen LogP contribution in [-0.4, -0.2) is 10.7 Å². The number of hydrogen-bond acceptors (Lipinski definition) is 3. The molecule has 0 N–H and O–H groups in total. The Labute approximate surface area is 128 Å². The molecule has 0 bridgehead atoms. The normalized spacial score (nSPS) is 13.4. The van der Waals surface area contributed by atoms with E-state index in [0.29, 0.717) is 0 Å². The largest absolute Gasteiger partial charge is 0.455 e. The number of fused-ring (bicyclic) bond motifs is 3. The van der Waals surface area contributed by atoms with Gasteiger partial charge in [0.2, 0.25) is 0 Å². The van der Waals surface area contributed by atoms with Crippen molar-refractivity contribution in [3.8, 4) is 11.5 Å². The first-order chi connectivity index (χ1) is 10.3. The Morgan fingerprint density at radius 1 is 1.05 bits per heavy atom. The van der Waals surface area contributed by atoms with Crippen LogP contribution in [0.5, 0.6) is 11.5 Å². The molecule has 0 saturated heterocycles. The van der Waals surface area contributed by atoms with Gasteiger partial charge in [-0.15, -0.1) is 11.8 Å². The molecular weight excluding hydrogens is 278 g/mol. The third kappa shape index (κ3) is 2.18. The van der Waals surface area contributed by atoms with E-state index in [1.54, 1.807) is 0 Å². The van der Waals surface area contributed by atoms with Crippen LogP contribution in [0.1, 0.15) is 11.3 Å². The number of aromatic nitrogens is 1. The van der Waals surface area contributed by atoms with Crippen LogP contribution in [0.3, 0.4) is 0 Å². The molecule has 1 aromatic heterocycles. The van der Waals surface area contributed by atoms with Crippen LogP contribution < -0.4 is 4.74 Å². The molecule has 2 nitrogen and oxygen atoms in total. The van der Waals surface area contributed by atoms with Crippen LogP contribution >= 0.6 is 11.8 Å². The summed E-state index contributed by atoms with van der Waals surface area (Å²) in [6.07, 6.45) is 1.12. The highest BCUT2D eigenvalue weighted by atomic mass is 32.2. The molecule has 104 valence electrons. The smallest absolute Gasteiger partial charge is 0.153 e. The van der Waals surface area contributed by atoms with Gasteiger partial charge in [0.15, 0.2) is 5.75 Å². The van der Waals surface area contributed by atoms with Gasteiger partial charge in [0, 0.05) is 21.7 Å². The molecule has 21 heavy (non-hydrogen) atoms. The molecule has 3 aromatic rings. The second kappa shape index (κ2) is 5.08. The summed E-state index contributed by atoms with van der Waals surface area (Å²) in [4.78, 5) is 6.19. The fourth-order valence-electron chi connectivity index (χ4n) is 2.80. The summed E-state index contributed by atoms with van der Waals surface area (Å²) in [6.45, 7) is 2.10. The fourth-order valence-corrected chi connectivity index (χ4v) is 4.05. The van der Waals surface area contributed by atoms with E-state index in [1.165, 1.54) is 15.8 Å². The first kappa shape index (κ1) is 12.7. The third-order valence-corrected chi connectivity index (χ3v) is 4.97. The number of pyridine rings is 1. The Hall–Kier alpha value is -2.00. The Bertz CT molecular complexity index is 814. The first-order valence-electron chi connectivity index (χ1n) is 7.11. The van der Waals surface area contributed by atoms with Crippen LogP contribution in [0.4, 0.5) is 0 Å². The molecule has 0 saturated carbocycles. The lowest BCUT2D eigenvalue weighted by molar-refractivity contribution is 0.487. The molecule has 0 amide bonds. The van der Waals surface area contributed by atoms with Crippen molar-refractivity contribution in [2.45, 2.75) is 18.2 Å². The van der Waals surface area contributed by atoms with E-state index >= 15 is 0 Å². The maximum absolute atomic E-state index is 6.03. The van der Waals surface area contributed by atoms with Gasteiger partial charge in [0.25, 0.3) is 0 Å². The highest BCUT2D eigenvalue weighted by Crippen LogP contribution is 2.41. The molecule has 1 aliphatic rings. The van der Waals surface area contributed by atoms with Crippen molar-refractivity contribution in [2.75, 3.05) is 5.75 Å². The Morgan fingerprint density at radius 2 is 1.90 bits per heavy atom. The minimum atomic E-state index is 0.831. The zero-order chi connectivity index (χ0) is 14.2. The number of nitrogens with zero attached hydrogens (tertiary/aromatic N) is 1. The average molecular weight is 293 g/mol. The number of thioether (sulfide) groups is 1. The Kier molecular flexibility index (Phi) is 3.08. The van der Waals surface area contributed by atoms with E-state index < -0.39 is 0 Å². The number of hydrogen-bond donors (Lipinski definition) is 0. The van der Waals surface area contributed by atoms with Crippen molar-refractivity contribution in [2.24, 2.45) is 0 Å². The minimum absolute atomic E-state index is 0.831. The molecule has 0 spiro atoms. The average Bonchev–Trinajstić information content (AvgIpc) is 3.00. The van der Waals surface area contributed by atoms with Gasteiger partial charge >= 0.3 is 0 Å². The molecule has 0 aliphatic carbocycles. The van der Waals surface area contributed by atoms with Gasteiger partial charge in [0.05, 0.1) is 0 Å². The van der Waals surface area contributed by atoms with E-state index in [2.05, 4.69) is 19.1 Å². The van der Waals surface area contributed by atoms with Crippen LogP contribution in [0, 0.1) is 6.92 Å². The van der Waals surface area contributed by atoms with E-state index in [0.717, 1.165) is 34.9 Å². The molecule has 0 fully saturated rings. The highest BCUT2D eigenvalue weighted by Gasteiger charge is 2.20. The first-order valence-corrected chi connectivity index (χ1v) is 8.09. The highest BCUT2D eigenvalue weighted by molar-refractivity contribution is 7.99. The lowest BCUT2D eigenvalue weighted by Crippen LogP contribution is -1.95. The van der Waals surface area contributed by atoms with Gasteiger partial charge in [-0.25, -0.2) is 4.98 Å². The molecule has 0 radical (unpaired) electrons. The maximum Gasteiger partial charge on any atom is 0.153 e. The summed E-state index contributed by atoms with van der Waals surface area (Å²) < 4.78 is 6.03. The van der Waals surface area contributed by atoms with E-state index in [-0.39, 0.29) is 0 Å². The van der Waals surface area contributed by atoms with Crippen molar-refractivity contribution in [1.29, 1.82) is 0 Å². The van der Waals surface area contributed by atoms with Gasteiger partial charge in [-0.3, -0.25) is 0 Å². The Morgan fingerprint density at radius 3 is 2.76 bits per heavy atom. The minimum Gasteiger partial charge on any atom is -0.455 e. The van der Waals surface area contributed by atoms with Crippen LogP contribution in [0.15, 0.2) is 53.4 Å². The second-order valence-corrected chi connectivity index (χ2v) is 6.28. The quantitative estimate of drug-likeness (QED) is 0.665. The Balaban J connectivity index is 1.89. The SMILES string of the molecule is Cc1nc2c(Oc3ccccc3)cccc2c2c1CCS2. The molecular formula is C18H15NOS. The fraction of sp³-hybridized carbons (Fsp3) is 0.167. The molecule has 0 unspecified atom stereocenters. The van der Waals surface area contributed by atoms with Crippen molar-refractivity contribution >= 4 is 22.7 Å². The van der Waals surface area contributed by atoms with Crippen molar-refractivity contribution in [3.63, 3.8) is 0 Å². The van der Waals surface area contributed by atoms with E-state index in [4.69, 9.17) is 9.72 Å². The standard InChI is InChI=1S/C18H15NOS/c1-12-14-10-11-21-18(14)15-8-5-9-16(17(15)19-12)20-13-6-3-2-4-7-13/h2-9H,10-11H2,1H3. The summed E-state index contributed by atoms with van der Waals surface area (Å²) in [7, 11) is 0. The summed E-state index contributed by atoms with van der Waals surface area (Å²) in [6, 6.07) is 16.1. The summed E-state index contributed by atoms with van der Waals surface area (Å²) >= 11 is 1.93. The molecule has 3 heteroatoms. The van der Waals surface area contributed by atoms with Gasteiger partial charge in [0.1, 0.15) is 11.3 Å². The third-order valence-electron chi connectivity index (χ3n) is 3.80. The summed E-state index contributed by atoms with van der Waals surface area (Å²) in [5.74, 6) is 2.83. The molecule has 0 atom stereocenters. The number of ether oxygens (including phenoxy) is 1. The van der Waals surface area contributed by atoms with Gasteiger partial charge in [-0.1, -0.05) is 30.3 Å². The van der Waals surface area contributed by atoms with Crippen LogP contribution in [-0.2, 0) is 6.42 Å². The topological polar surface area (TPSA) is 22.1 Å². The number of aryl methyl sites for hydroxylation is 1. The van der Waals surface area contributed by atoms with Crippen LogP contribution in [0.2, 0.25) is 0 Å². The number of benzene rings is 2. The predicted molar refractivity (Wildman–Crippen MR) is 87.4 cm³/mol. The van der Waals surface area contributed by atoms with E-state index in [1.807, 2.05) is 48.2 Å². The van der Waals surface area contributed by atoms with Gasteiger partial charge in [-0.2, -0.15) is 0 Å². The van der Waals surface area contributed by atoms with Crippen molar-refractivity contribution < 1.29 is 4.74 Å². The van der Waals surface area contributed by atoms with Gasteiger partial charge in [-0.05, 0) is 37.1 Å². The van der Waals surface area contributed by atoms with E-state index in [9.17, 15) is 0 Å². The molecule has 2 heterocycles. The lowest BCUT2D eigenvalue weighted by Gasteiger charge is -2.12. The molecule has 2 aromatic carbocycles.